The van der Waals surface area contributed by atoms with Gasteiger partial charge in [-0.25, -0.2) is 0 Å². The highest BCUT2D eigenvalue weighted by molar-refractivity contribution is 5.10. The van der Waals surface area contributed by atoms with Gasteiger partial charge in [0, 0.05) is 26.6 Å². The van der Waals surface area contributed by atoms with E-state index in [1.807, 2.05) is 6.07 Å². The zero-order valence-corrected chi connectivity index (χ0v) is 11.2. The molecular weight excluding hydrogens is 226 g/mol. The second kappa shape index (κ2) is 5.06. The van der Waals surface area contributed by atoms with Crippen molar-refractivity contribution in [3.05, 3.63) is 24.2 Å². The molecule has 0 amide bonds. The molecule has 2 atom stereocenters. The predicted molar refractivity (Wildman–Crippen MR) is 70.4 cm³/mol. The lowest BCUT2D eigenvalue weighted by Crippen LogP contribution is -2.36. The van der Waals surface area contributed by atoms with Crippen LogP contribution in [0.1, 0.15) is 25.0 Å². The number of methoxy groups -OCH3 is 1. The Labute approximate surface area is 109 Å². The van der Waals surface area contributed by atoms with E-state index in [9.17, 15) is 0 Å². The minimum atomic E-state index is 0.430. The Hall–Kier alpha value is -0.800. The third kappa shape index (κ3) is 2.62. The zero-order chi connectivity index (χ0) is 12.4. The Balaban J connectivity index is 1.58. The van der Waals surface area contributed by atoms with E-state index in [0.717, 1.165) is 43.7 Å². The van der Waals surface area contributed by atoms with Crippen LogP contribution in [0.2, 0.25) is 0 Å². The largest absolute Gasteiger partial charge is 0.469 e. The van der Waals surface area contributed by atoms with Crippen LogP contribution < -0.4 is 5.32 Å². The van der Waals surface area contributed by atoms with Crippen LogP contribution in [0.5, 0.6) is 0 Å². The maximum Gasteiger partial charge on any atom is 0.104 e. The molecule has 0 bridgehead atoms. The highest BCUT2D eigenvalue weighted by Gasteiger charge is 2.53. The molecule has 0 saturated heterocycles. The van der Waals surface area contributed by atoms with Crippen LogP contribution in [0.3, 0.4) is 0 Å². The maximum atomic E-state index is 5.55. The molecule has 1 aromatic heterocycles. The van der Waals surface area contributed by atoms with E-state index in [4.69, 9.17) is 9.15 Å². The van der Waals surface area contributed by atoms with Crippen molar-refractivity contribution in [3.8, 4) is 0 Å². The maximum absolute atomic E-state index is 5.55. The van der Waals surface area contributed by atoms with Crippen molar-refractivity contribution >= 4 is 0 Å². The first-order valence-corrected chi connectivity index (χ1v) is 7.03. The molecular formula is C15H23NO2. The van der Waals surface area contributed by atoms with Crippen LogP contribution >= 0.6 is 0 Å². The summed E-state index contributed by atoms with van der Waals surface area (Å²) in [5, 5.41) is 3.56. The molecule has 2 unspecified atom stereocenters. The molecule has 3 nitrogen and oxygen atoms in total. The van der Waals surface area contributed by atoms with E-state index < -0.39 is 0 Å². The van der Waals surface area contributed by atoms with Crippen molar-refractivity contribution in [2.45, 2.75) is 25.7 Å². The molecule has 3 rings (SSSR count). The molecule has 1 aromatic rings. The number of nitrogens with one attached hydrogen (secondary N) is 1. The standard InChI is InChI=1S/C15H23NO2/c1-17-6-4-16-11-15(8-12-7-13(12)9-15)10-14-3-2-5-18-14/h2-3,5,12-13,16H,4,6-11H2,1H3. The van der Waals surface area contributed by atoms with Gasteiger partial charge in [-0.15, -0.1) is 0 Å². The zero-order valence-electron chi connectivity index (χ0n) is 11.2. The van der Waals surface area contributed by atoms with E-state index in [-0.39, 0.29) is 0 Å². The minimum Gasteiger partial charge on any atom is -0.469 e. The molecule has 0 radical (unpaired) electrons. The summed E-state index contributed by atoms with van der Waals surface area (Å²) in [5.41, 5.74) is 0.430. The summed E-state index contributed by atoms with van der Waals surface area (Å²) in [4.78, 5) is 0. The number of ether oxygens (including phenoxy) is 1. The first-order valence-electron chi connectivity index (χ1n) is 7.03. The fraction of sp³-hybridized carbons (Fsp3) is 0.733. The van der Waals surface area contributed by atoms with Gasteiger partial charge in [0.15, 0.2) is 0 Å². The Bertz CT molecular complexity index is 364. The third-order valence-electron chi connectivity index (χ3n) is 4.57. The van der Waals surface area contributed by atoms with Gasteiger partial charge in [0.2, 0.25) is 0 Å². The molecule has 1 N–H and O–H groups in total. The summed E-state index contributed by atoms with van der Waals surface area (Å²) in [6.07, 6.45) is 7.10. The number of fused-ring (bicyclic) bond motifs is 1. The molecule has 2 fully saturated rings. The monoisotopic (exact) mass is 249 g/mol. The molecule has 0 aromatic carbocycles. The van der Waals surface area contributed by atoms with E-state index in [1.165, 1.54) is 19.3 Å². The number of furan rings is 1. The second-order valence-electron chi connectivity index (χ2n) is 6.09. The summed E-state index contributed by atoms with van der Waals surface area (Å²) in [6, 6.07) is 4.11. The van der Waals surface area contributed by atoms with Crippen LogP contribution in [0.4, 0.5) is 0 Å². The molecule has 0 aliphatic heterocycles. The fourth-order valence-electron chi connectivity index (χ4n) is 3.67. The molecule has 2 saturated carbocycles. The van der Waals surface area contributed by atoms with Crippen molar-refractivity contribution < 1.29 is 9.15 Å². The summed E-state index contributed by atoms with van der Waals surface area (Å²) < 4.78 is 10.6. The van der Waals surface area contributed by atoms with Gasteiger partial charge in [-0.1, -0.05) is 0 Å². The van der Waals surface area contributed by atoms with Gasteiger partial charge >= 0.3 is 0 Å². The van der Waals surface area contributed by atoms with Crippen LogP contribution in [0.25, 0.3) is 0 Å². The van der Waals surface area contributed by atoms with Crippen molar-refractivity contribution in [2.24, 2.45) is 17.3 Å². The van der Waals surface area contributed by atoms with Crippen molar-refractivity contribution in [2.75, 3.05) is 26.8 Å². The van der Waals surface area contributed by atoms with Crippen molar-refractivity contribution in [3.63, 3.8) is 0 Å². The number of rotatable bonds is 7. The average Bonchev–Trinajstić information content (AvgIpc) is 2.81. The van der Waals surface area contributed by atoms with Gasteiger partial charge < -0.3 is 14.5 Å². The second-order valence-corrected chi connectivity index (χ2v) is 6.09. The minimum absolute atomic E-state index is 0.430. The van der Waals surface area contributed by atoms with Gasteiger partial charge in [0.25, 0.3) is 0 Å². The normalized spacial score (nSPS) is 33.6. The van der Waals surface area contributed by atoms with Crippen LogP contribution in [0.15, 0.2) is 22.8 Å². The lowest BCUT2D eigenvalue weighted by molar-refractivity contribution is 0.183. The van der Waals surface area contributed by atoms with Gasteiger partial charge in [-0.05, 0) is 48.6 Å². The summed E-state index contributed by atoms with van der Waals surface area (Å²) in [7, 11) is 1.76. The SMILES string of the molecule is COCCNCC1(Cc2ccco2)CC2CC2C1. The fourth-order valence-corrected chi connectivity index (χ4v) is 3.67. The summed E-state index contributed by atoms with van der Waals surface area (Å²) in [6.45, 7) is 2.85. The van der Waals surface area contributed by atoms with Gasteiger partial charge in [0.05, 0.1) is 12.9 Å². The van der Waals surface area contributed by atoms with Gasteiger partial charge in [-0.3, -0.25) is 0 Å². The predicted octanol–water partition coefficient (Wildman–Crippen LogP) is 2.47. The first-order chi connectivity index (χ1) is 8.81. The quantitative estimate of drug-likeness (QED) is 0.754. The third-order valence-corrected chi connectivity index (χ3v) is 4.57. The van der Waals surface area contributed by atoms with Crippen LogP contribution in [-0.4, -0.2) is 26.8 Å². The summed E-state index contributed by atoms with van der Waals surface area (Å²) >= 11 is 0. The Morgan fingerprint density at radius 1 is 1.44 bits per heavy atom. The lowest BCUT2D eigenvalue weighted by Gasteiger charge is -2.30. The van der Waals surface area contributed by atoms with Crippen molar-refractivity contribution in [1.29, 1.82) is 0 Å². The molecule has 18 heavy (non-hydrogen) atoms. The summed E-state index contributed by atoms with van der Waals surface area (Å²) in [5.74, 6) is 3.15. The molecule has 2 aliphatic carbocycles. The Kier molecular flexibility index (Phi) is 3.44. The molecule has 3 heteroatoms. The molecule has 0 spiro atoms. The molecule has 2 aliphatic rings. The van der Waals surface area contributed by atoms with Crippen LogP contribution in [-0.2, 0) is 11.2 Å². The Morgan fingerprint density at radius 2 is 2.28 bits per heavy atom. The topological polar surface area (TPSA) is 34.4 Å². The molecule has 100 valence electrons. The molecule has 1 heterocycles. The van der Waals surface area contributed by atoms with E-state index in [0.29, 0.717) is 5.41 Å². The number of hydrogen-bond acceptors (Lipinski definition) is 3. The van der Waals surface area contributed by atoms with Gasteiger partial charge in [0.1, 0.15) is 5.76 Å². The van der Waals surface area contributed by atoms with E-state index >= 15 is 0 Å². The highest BCUT2D eigenvalue weighted by Crippen LogP contribution is 2.60. The van der Waals surface area contributed by atoms with Crippen molar-refractivity contribution in [1.82, 2.24) is 5.32 Å². The highest BCUT2D eigenvalue weighted by atomic mass is 16.5. The van der Waals surface area contributed by atoms with Crippen LogP contribution in [0, 0.1) is 17.3 Å². The average molecular weight is 249 g/mol. The smallest absolute Gasteiger partial charge is 0.104 e. The number of hydrogen-bond donors (Lipinski definition) is 1. The van der Waals surface area contributed by atoms with Gasteiger partial charge in [-0.2, -0.15) is 0 Å². The van der Waals surface area contributed by atoms with E-state index in [1.54, 1.807) is 13.4 Å². The lowest BCUT2D eigenvalue weighted by atomic mass is 9.79. The van der Waals surface area contributed by atoms with E-state index in [2.05, 4.69) is 11.4 Å². The first kappa shape index (κ1) is 12.2. The Morgan fingerprint density at radius 3 is 2.94 bits per heavy atom.